The van der Waals surface area contributed by atoms with Crippen molar-refractivity contribution in [2.24, 2.45) is 11.3 Å². The summed E-state index contributed by atoms with van der Waals surface area (Å²) in [7, 11) is 0. The molecule has 4 rings (SSSR count). The first-order valence-electron chi connectivity index (χ1n) is 8.35. The molecule has 1 aromatic heterocycles. The molecule has 2 aliphatic rings. The molecule has 2 aliphatic heterocycles. The molecular formula is C18H20N4O3. The lowest BCUT2D eigenvalue weighted by Crippen LogP contribution is -2.40. The molecule has 0 radical (unpaired) electrons. The Labute approximate surface area is 145 Å². The second kappa shape index (κ2) is 6.00. The van der Waals surface area contributed by atoms with E-state index >= 15 is 0 Å². The van der Waals surface area contributed by atoms with Gasteiger partial charge in [0, 0.05) is 38.6 Å². The fourth-order valence-electron chi connectivity index (χ4n) is 3.89. The van der Waals surface area contributed by atoms with Gasteiger partial charge in [-0.15, -0.1) is 0 Å². The van der Waals surface area contributed by atoms with E-state index in [0.717, 1.165) is 17.7 Å². The molecule has 2 atom stereocenters. The molecule has 2 fully saturated rings. The highest BCUT2D eigenvalue weighted by molar-refractivity contribution is 5.92. The van der Waals surface area contributed by atoms with Gasteiger partial charge in [-0.25, -0.2) is 0 Å². The standard InChI is InChI=1S/C18H20N4O3/c23-16-15-10-21(12-18(15,11-19-16)17(24)25)8-13-2-4-14(5-3-13)9-22-7-1-6-20-22/h1-7,15H,8-12H2,(H,19,23)(H,24,25)/t15-,18+/m0/s1. The SMILES string of the molecule is O=C1NC[C@@]2(C(=O)O)CN(Cc3ccc(Cn4cccn4)cc3)C[C@@H]12. The summed E-state index contributed by atoms with van der Waals surface area (Å²) in [6.45, 7) is 2.50. The van der Waals surface area contributed by atoms with Gasteiger partial charge in [-0.3, -0.25) is 19.2 Å². The first-order chi connectivity index (χ1) is 12.1. The van der Waals surface area contributed by atoms with E-state index in [4.69, 9.17) is 0 Å². The van der Waals surface area contributed by atoms with Crippen LogP contribution in [0.25, 0.3) is 0 Å². The smallest absolute Gasteiger partial charge is 0.313 e. The minimum atomic E-state index is -0.975. The number of rotatable bonds is 5. The third kappa shape index (κ3) is 2.80. The highest BCUT2D eigenvalue weighted by atomic mass is 16.4. The summed E-state index contributed by atoms with van der Waals surface area (Å²) < 4.78 is 1.87. The number of hydrogen-bond donors (Lipinski definition) is 2. The van der Waals surface area contributed by atoms with Crippen LogP contribution in [-0.2, 0) is 22.7 Å². The van der Waals surface area contributed by atoms with Crippen LogP contribution in [0, 0.1) is 11.3 Å². The van der Waals surface area contributed by atoms with E-state index in [0.29, 0.717) is 19.6 Å². The number of aromatic nitrogens is 2. The van der Waals surface area contributed by atoms with Crippen molar-refractivity contribution in [3.05, 3.63) is 53.9 Å². The van der Waals surface area contributed by atoms with E-state index in [1.807, 2.05) is 16.9 Å². The van der Waals surface area contributed by atoms with E-state index in [2.05, 4.69) is 39.6 Å². The van der Waals surface area contributed by atoms with E-state index in [-0.39, 0.29) is 12.5 Å². The maximum absolute atomic E-state index is 12.0. The Kier molecular flexibility index (Phi) is 3.80. The molecule has 0 spiro atoms. The number of likely N-dealkylation sites (tertiary alicyclic amines) is 1. The number of aliphatic carboxylic acids is 1. The topological polar surface area (TPSA) is 87.5 Å². The first-order valence-corrected chi connectivity index (χ1v) is 8.35. The van der Waals surface area contributed by atoms with Crippen LogP contribution < -0.4 is 5.32 Å². The predicted octanol–water partition coefficient (Wildman–Crippen LogP) is 0.564. The second-order valence-electron chi connectivity index (χ2n) is 6.92. The molecule has 7 heteroatoms. The fourth-order valence-corrected chi connectivity index (χ4v) is 3.89. The average molecular weight is 340 g/mol. The molecule has 2 N–H and O–H groups in total. The monoisotopic (exact) mass is 340 g/mol. The minimum absolute atomic E-state index is 0.139. The van der Waals surface area contributed by atoms with Crippen molar-refractivity contribution in [3.8, 4) is 0 Å². The molecule has 130 valence electrons. The van der Waals surface area contributed by atoms with Crippen LogP contribution in [0.2, 0.25) is 0 Å². The van der Waals surface area contributed by atoms with Crippen molar-refractivity contribution in [3.63, 3.8) is 0 Å². The van der Waals surface area contributed by atoms with Gasteiger partial charge in [0.05, 0.1) is 12.5 Å². The number of fused-ring (bicyclic) bond motifs is 1. The van der Waals surface area contributed by atoms with Gasteiger partial charge in [0.15, 0.2) is 0 Å². The average Bonchev–Trinajstić information content (AvgIpc) is 3.28. The van der Waals surface area contributed by atoms with Gasteiger partial charge in [-0.1, -0.05) is 24.3 Å². The fraction of sp³-hybridized carbons (Fsp3) is 0.389. The van der Waals surface area contributed by atoms with Crippen LogP contribution in [0.5, 0.6) is 0 Å². The summed E-state index contributed by atoms with van der Waals surface area (Å²) in [4.78, 5) is 25.7. The summed E-state index contributed by atoms with van der Waals surface area (Å²) >= 11 is 0. The second-order valence-corrected chi connectivity index (χ2v) is 6.92. The number of benzene rings is 1. The largest absolute Gasteiger partial charge is 0.481 e. The normalized spacial score (nSPS) is 25.8. The van der Waals surface area contributed by atoms with E-state index in [9.17, 15) is 14.7 Å². The van der Waals surface area contributed by atoms with Crippen LogP contribution >= 0.6 is 0 Å². The quantitative estimate of drug-likeness (QED) is 0.831. The summed E-state index contributed by atoms with van der Waals surface area (Å²) in [5.41, 5.74) is 1.30. The van der Waals surface area contributed by atoms with Gasteiger partial charge in [-0.2, -0.15) is 5.10 Å². The molecule has 2 saturated heterocycles. The van der Waals surface area contributed by atoms with Gasteiger partial charge in [-0.05, 0) is 17.2 Å². The zero-order valence-electron chi connectivity index (χ0n) is 13.8. The summed E-state index contributed by atoms with van der Waals surface area (Å²) in [6.07, 6.45) is 3.68. The van der Waals surface area contributed by atoms with Gasteiger partial charge in [0.1, 0.15) is 5.41 Å². The molecule has 0 unspecified atom stereocenters. The van der Waals surface area contributed by atoms with Gasteiger partial charge < -0.3 is 10.4 Å². The molecule has 25 heavy (non-hydrogen) atoms. The lowest BCUT2D eigenvalue weighted by molar-refractivity contribution is -0.149. The molecule has 3 heterocycles. The Morgan fingerprint density at radius 2 is 2.00 bits per heavy atom. The molecule has 7 nitrogen and oxygen atoms in total. The third-order valence-electron chi connectivity index (χ3n) is 5.27. The Hall–Kier alpha value is -2.67. The van der Waals surface area contributed by atoms with Gasteiger partial charge >= 0.3 is 5.97 Å². The lowest BCUT2D eigenvalue weighted by atomic mass is 9.81. The highest BCUT2D eigenvalue weighted by Gasteiger charge is 2.59. The van der Waals surface area contributed by atoms with Crippen molar-refractivity contribution in [1.82, 2.24) is 20.0 Å². The van der Waals surface area contributed by atoms with Crippen molar-refractivity contribution in [2.45, 2.75) is 13.1 Å². The number of carboxylic acid groups (broad SMARTS) is 1. The van der Waals surface area contributed by atoms with Gasteiger partial charge in [0.25, 0.3) is 0 Å². The number of hydrogen-bond acceptors (Lipinski definition) is 4. The first kappa shape index (κ1) is 15.8. The Morgan fingerprint density at radius 1 is 1.28 bits per heavy atom. The van der Waals surface area contributed by atoms with E-state index < -0.39 is 17.3 Å². The van der Waals surface area contributed by atoms with E-state index in [1.54, 1.807) is 6.20 Å². The number of carbonyl (C=O) groups is 2. The molecule has 0 aliphatic carbocycles. The minimum Gasteiger partial charge on any atom is -0.481 e. The van der Waals surface area contributed by atoms with Crippen molar-refractivity contribution >= 4 is 11.9 Å². The van der Waals surface area contributed by atoms with Crippen LogP contribution in [0.4, 0.5) is 0 Å². The summed E-state index contributed by atoms with van der Waals surface area (Å²) in [5, 5.41) is 16.5. The van der Waals surface area contributed by atoms with Crippen LogP contribution in [-0.4, -0.2) is 51.3 Å². The van der Waals surface area contributed by atoms with Crippen molar-refractivity contribution in [1.29, 1.82) is 0 Å². The van der Waals surface area contributed by atoms with Gasteiger partial charge in [0.2, 0.25) is 5.91 Å². The zero-order chi connectivity index (χ0) is 17.4. The number of carboxylic acids is 1. The lowest BCUT2D eigenvalue weighted by Gasteiger charge is -2.22. The number of carbonyl (C=O) groups excluding carboxylic acids is 1. The number of nitrogens with zero attached hydrogens (tertiary/aromatic N) is 3. The van der Waals surface area contributed by atoms with Crippen molar-refractivity contribution in [2.75, 3.05) is 19.6 Å². The number of nitrogens with one attached hydrogen (secondary N) is 1. The maximum Gasteiger partial charge on any atom is 0.313 e. The van der Waals surface area contributed by atoms with Crippen LogP contribution in [0.3, 0.4) is 0 Å². The molecule has 0 bridgehead atoms. The number of amides is 1. The molecule has 0 saturated carbocycles. The third-order valence-corrected chi connectivity index (χ3v) is 5.27. The van der Waals surface area contributed by atoms with E-state index in [1.165, 1.54) is 0 Å². The highest BCUT2D eigenvalue weighted by Crippen LogP contribution is 2.40. The molecule has 1 amide bonds. The zero-order valence-corrected chi connectivity index (χ0v) is 13.8. The Morgan fingerprint density at radius 3 is 2.60 bits per heavy atom. The Bertz CT molecular complexity index is 787. The van der Waals surface area contributed by atoms with Crippen molar-refractivity contribution < 1.29 is 14.7 Å². The van der Waals surface area contributed by atoms with Crippen LogP contribution in [0.1, 0.15) is 11.1 Å². The predicted molar refractivity (Wildman–Crippen MR) is 89.6 cm³/mol. The molecular weight excluding hydrogens is 320 g/mol. The summed E-state index contributed by atoms with van der Waals surface area (Å²) in [6, 6.07) is 10.1. The maximum atomic E-state index is 12.0. The molecule has 1 aromatic carbocycles. The van der Waals surface area contributed by atoms with Crippen LogP contribution in [0.15, 0.2) is 42.7 Å². The Balaban J connectivity index is 1.43. The molecule has 2 aromatic rings. The summed E-state index contributed by atoms with van der Waals surface area (Å²) in [5.74, 6) is -1.48.